The monoisotopic (exact) mass is 274 g/mol. The molecular formula is C14H15ClN4. The van der Waals surface area contributed by atoms with E-state index in [2.05, 4.69) is 27.2 Å². The van der Waals surface area contributed by atoms with Gasteiger partial charge in [0.2, 0.25) is 0 Å². The van der Waals surface area contributed by atoms with Gasteiger partial charge in [-0.05, 0) is 31.9 Å². The molecule has 1 atom stereocenters. The highest BCUT2D eigenvalue weighted by molar-refractivity contribution is 6.29. The molecule has 3 rings (SSSR count). The number of nitrogens with one attached hydrogen (secondary N) is 1. The number of rotatable bonds is 4. The van der Waals surface area contributed by atoms with E-state index >= 15 is 0 Å². The first-order valence-corrected chi connectivity index (χ1v) is 6.82. The molecule has 0 aliphatic heterocycles. The molecular weight excluding hydrogens is 260 g/mol. The summed E-state index contributed by atoms with van der Waals surface area (Å²) in [6.45, 7) is 2.05. The van der Waals surface area contributed by atoms with E-state index in [0.29, 0.717) is 11.1 Å². The summed E-state index contributed by atoms with van der Waals surface area (Å²) >= 11 is 6.04. The van der Waals surface area contributed by atoms with Gasteiger partial charge in [0.25, 0.3) is 0 Å². The average Bonchev–Trinajstić information content (AvgIpc) is 3.23. The van der Waals surface area contributed by atoms with E-state index in [4.69, 9.17) is 11.6 Å². The molecule has 0 radical (unpaired) electrons. The zero-order valence-corrected chi connectivity index (χ0v) is 11.4. The minimum Gasteiger partial charge on any atom is -0.362 e. The fraction of sp³-hybridized carbons (Fsp3) is 0.357. The highest BCUT2D eigenvalue weighted by Crippen LogP contribution is 2.38. The maximum absolute atomic E-state index is 6.04. The summed E-state index contributed by atoms with van der Waals surface area (Å²) in [5, 5.41) is 3.82. The molecule has 0 spiro atoms. The van der Waals surface area contributed by atoms with E-state index in [1.807, 2.05) is 18.2 Å². The Bertz CT molecular complexity index is 569. The number of hydrogen-bond acceptors (Lipinski definition) is 4. The van der Waals surface area contributed by atoms with Crippen molar-refractivity contribution in [3.8, 4) is 0 Å². The van der Waals surface area contributed by atoms with E-state index in [1.54, 1.807) is 12.3 Å². The standard InChI is InChI=1S/C14H15ClN4/c1-9(11-4-2-3-7-16-11)17-13-8-12(15)18-14(19-13)10-5-6-10/h2-4,7-10H,5-6H2,1H3,(H,17,18,19). The van der Waals surface area contributed by atoms with Crippen LogP contribution in [0.3, 0.4) is 0 Å². The average molecular weight is 275 g/mol. The van der Waals surface area contributed by atoms with Crippen molar-refractivity contribution >= 4 is 17.4 Å². The summed E-state index contributed by atoms with van der Waals surface area (Å²) in [7, 11) is 0. The maximum atomic E-state index is 6.04. The maximum Gasteiger partial charge on any atom is 0.135 e. The van der Waals surface area contributed by atoms with Crippen LogP contribution in [0.15, 0.2) is 30.5 Å². The van der Waals surface area contributed by atoms with Gasteiger partial charge < -0.3 is 5.32 Å². The SMILES string of the molecule is CC(Nc1cc(Cl)nc(C2CC2)n1)c1ccccn1. The summed E-state index contributed by atoms with van der Waals surface area (Å²) in [6.07, 6.45) is 4.11. The Labute approximate surface area is 117 Å². The number of halogens is 1. The molecule has 0 saturated heterocycles. The summed E-state index contributed by atoms with van der Waals surface area (Å²) < 4.78 is 0. The van der Waals surface area contributed by atoms with Crippen LogP contribution in [0.4, 0.5) is 5.82 Å². The Morgan fingerprint density at radius 2 is 2.16 bits per heavy atom. The predicted octanol–water partition coefficient (Wildman–Crippen LogP) is 3.58. The van der Waals surface area contributed by atoms with Gasteiger partial charge in [-0.2, -0.15) is 0 Å². The summed E-state index contributed by atoms with van der Waals surface area (Å²) in [5.74, 6) is 2.10. The quantitative estimate of drug-likeness (QED) is 0.866. The minimum atomic E-state index is 0.0826. The van der Waals surface area contributed by atoms with Crippen LogP contribution in [0.1, 0.15) is 43.2 Å². The molecule has 5 heteroatoms. The molecule has 1 N–H and O–H groups in total. The van der Waals surface area contributed by atoms with E-state index in [0.717, 1.165) is 30.2 Å². The molecule has 2 heterocycles. The van der Waals surface area contributed by atoms with Gasteiger partial charge in [0.15, 0.2) is 0 Å². The minimum absolute atomic E-state index is 0.0826. The van der Waals surface area contributed by atoms with Crippen molar-refractivity contribution < 1.29 is 0 Å². The second kappa shape index (κ2) is 5.13. The number of hydrogen-bond donors (Lipinski definition) is 1. The lowest BCUT2D eigenvalue weighted by Crippen LogP contribution is -2.10. The molecule has 0 bridgehead atoms. The number of aromatic nitrogens is 3. The molecule has 2 aromatic rings. The van der Waals surface area contributed by atoms with Crippen molar-refractivity contribution in [1.29, 1.82) is 0 Å². The fourth-order valence-corrected chi connectivity index (χ4v) is 2.15. The summed E-state index contributed by atoms with van der Waals surface area (Å²) in [5.41, 5.74) is 0.977. The van der Waals surface area contributed by atoms with Crippen LogP contribution in [0.25, 0.3) is 0 Å². The van der Waals surface area contributed by atoms with Crippen LogP contribution in [0.5, 0.6) is 0 Å². The van der Waals surface area contributed by atoms with Crippen LogP contribution < -0.4 is 5.32 Å². The molecule has 0 amide bonds. The van der Waals surface area contributed by atoms with Gasteiger partial charge in [0, 0.05) is 18.2 Å². The lowest BCUT2D eigenvalue weighted by atomic mass is 10.2. The van der Waals surface area contributed by atoms with E-state index in [-0.39, 0.29) is 6.04 Å². The molecule has 0 aromatic carbocycles. The van der Waals surface area contributed by atoms with Gasteiger partial charge >= 0.3 is 0 Å². The fourth-order valence-electron chi connectivity index (χ4n) is 1.96. The molecule has 1 unspecified atom stereocenters. The van der Waals surface area contributed by atoms with Crippen molar-refractivity contribution in [2.45, 2.75) is 31.7 Å². The van der Waals surface area contributed by atoms with Crippen LogP contribution in [-0.4, -0.2) is 15.0 Å². The predicted molar refractivity (Wildman–Crippen MR) is 75.3 cm³/mol. The van der Waals surface area contributed by atoms with Crippen molar-refractivity contribution in [2.75, 3.05) is 5.32 Å². The first-order valence-electron chi connectivity index (χ1n) is 6.44. The van der Waals surface area contributed by atoms with Crippen molar-refractivity contribution in [3.05, 3.63) is 47.1 Å². The van der Waals surface area contributed by atoms with Crippen LogP contribution in [-0.2, 0) is 0 Å². The number of pyridine rings is 1. The first-order chi connectivity index (χ1) is 9.22. The molecule has 4 nitrogen and oxygen atoms in total. The van der Waals surface area contributed by atoms with E-state index in [1.165, 1.54) is 0 Å². The Kier molecular flexibility index (Phi) is 3.34. The lowest BCUT2D eigenvalue weighted by molar-refractivity contribution is 0.821. The van der Waals surface area contributed by atoms with E-state index < -0.39 is 0 Å². The molecule has 2 aromatic heterocycles. The number of nitrogens with zero attached hydrogens (tertiary/aromatic N) is 3. The smallest absolute Gasteiger partial charge is 0.135 e. The zero-order chi connectivity index (χ0) is 13.2. The second-order valence-corrected chi connectivity index (χ2v) is 5.22. The Morgan fingerprint density at radius 3 is 2.84 bits per heavy atom. The van der Waals surface area contributed by atoms with Gasteiger partial charge in [0.1, 0.15) is 16.8 Å². The highest BCUT2D eigenvalue weighted by Gasteiger charge is 2.27. The van der Waals surface area contributed by atoms with Crippen molar-refractivity contribution in [3.63, 3.8) is 0 Å². The van der Waals surface area contributed by atoms with Crippen LogP contribution in [0.2, 0.25) is 5.15 Å². The largest absolute Gasteiger partial charge is 0.362 e. The molecule has 98 valence electrons. The van der Waals surface area contributed by atoms with Crippen LogP contribution >= 0.6 is 11.6 Å². The third kappa shape index (κ3) is 3.01. The summed E-state index contributed by atoms with van der Waals surface area (Å²) in [6, 6.07) is 7.71. The first kappa shape index (κ1) is 12.4. The molecule has 19 heavy (non-hydrogen) atoms. The molecule has 1 saturated carbocycles. The lowest BCUT2D eigenvalue weighted by Gasteiger charge is -2.14. The Morgan fingerprint density at radius 1 is 1.32 bits per heavy atom. The third-order valence-corrected chi connectivity index (χ3v) is 3.34. The van der Waals surface area contributed by atoms with E-state index in [9.17, 15) is 0 Å². The highest BCUT2D eigenvalue weighted by atomic mass is 35.5. The third-order valence-electron chi connectivity index (χ3n) is 3.15. The zero-order valence-electron chi connectivity index (χ0n) is 10.7. The van der Waals surface area contributed by atoms with Crippen LogP contribution in [0, 0.1) is 0 Å². The Hall–Kier alpha value is -1.68. The topological polar surface area (TPSA) is 50.7 Å². The van der Waals surface area contributed by atoms with Crippen molar-refractivity contribution in [2.24, 2.45) is 0 Å². The Balaban J connectivity index is 1.79. The van der Waals surface area contributed by atoms with Crippen molar-refractivity contribution in [1.82, 2.24) is 15.0 Å². The molecule has 1 aliphatic rings. The summed E-state index contributed by atoms with van der Waals surface area (Å²) in [4.78, 5) is 13.1. The number of anilines is 1. The van der Waals surface area contributed by atoms with Gasteiger partial charge in [-0.25, -0.2) is 9.97 Å². The normalized spacial score (nSPS) is 16.1. The molecule has 1 fully saturated rings. The molecule has 1 aliphatic carbocycles. The second-order valence-electron chi connectivity index (χ2n) is 4.83. The van der Waals surface area contributed by atoms with Gasteiger partial charge in [-0.15, -0.1) is 0 Å². The van der Waals surface area contributed by atoms with Gasteiger partial charge in [-0.3, -0.25) is 4.98 Å². The van der Waals surface area contributed by atoms with Gasteiger partial charge in [0.05, 0.1) is 11.7 Å². The van der Waals surface area contributed by atoms with Gasteiger partial charge in [-0.1, -0.05) is 17.7 Å².